The molecule has 0 spiro atoms. The van der Waals surface area contributed by atoms with Gasteiger partial charge in [-0.15, -0.1) is 13.2 Å². The van der Waals surface area contributed by atoms with E-state index in [0.717, 1.165) is 11.6 Å². The standard InChI is InChI=1S/C37H44F3N5O7S/c1-36(2,3)52-35(48)45-17-5-6-30(45)23-33(46)41-29-15-16-32(51-37(38,39)40)31(22-29)26-9-11-27(12-10-26)34(47)42-28-13-7-25(8-14-28)24-43-18-20-44(21-19-43)53(4,49)50/h7-16,22,30H,5-6,17-21,23-24H2,1-4H3,(H,41,46)(H,42,47)/t30-/m0/s1. The lowest BCUT2D eigenvalue weighted by Gasteiger charge is -2.33. The Morgan fingerprint density at radius 1 is 0.849 bits per heavy atom. The lowest BCUT2D eigenvalue weighted by Crippen LogP contribution is -2.47. The Morgan fingerprint density at radius 3 is 2.09 bits per heavy atom. The van der Waals surface area contributed by atoms with Crippen molar-refractivity contribution in [3.8, 4) is 16.9 Å². The molecule has 2 fully saturated rings. The molecule has 0 aromatic heterocycles. The van der Waals surface area contributed by atoms with Crippen LogP contribution in [0, 0.1) is 0 Å². The van der Waals surface area contributed by atoms with E-state index >= 15 is 0 Å². The van der Waals surface area contributed by atoms with Crippen molar-refractivity contribution in [1.82, 2.24) is 14.1 Å². The van der Waals surface area contributed by atoms with E-state index in [4.69, 9.17) is 4.74 Å². The first-order valence-electron chi connectivity index (χ1n) is 17.2. The number of carbonyl (C=O) groups is 3. The first-order chi connectivity index (χ1) is 24.8. The van der Waals surface area contributed by atoms with Crippen LogP contribution in [0.4, 0.5) is 29.3 Å². The smallest absolute Gasteiger partial charge is 0.444 e. The number of hydrogen-bond acceptors (Lipinski definition) is 8. The lowest BCUT2D eigenvalue weighted by molar-refractivity contribution is -0.274. The minimum absolute atomic E-state index is 0.0213. The van der Waals surface area contributed by atoms with Crippen LogP contribution in [0.25, 0.3) is 11.1 Å². The highest BCUT2D eigenvalue weighted by atomic mass is 32.2. The number of amides is 3. The number of piperazine rings is 1. The summed E-state index contributed by atoms with van der Waals surface area (Å²) in [5.74, 6) is -1.34. The number of halogens is 3. The number of alkyl halides is 3. The van der Waals surface area contributed by atoms with Crippen LogP contribution in [0.3, 0.4) is 0 Å². The quantitative estimate of drug-likeness (QED) is 0.246. The predicted molar refractivity (Wildman–Crippen MR) is 194 cm³/mol. The van der Waals surface area contributed by atoms with Crippen LogP contribution in [0.1, 0.15) is 56.0 Å². The molecule has 0 saturated carbocycles. The number of likely N-dealkylation sites (tertiary alicyclic amines) is 1. The van der Waals surface area contributed by atoms with Crippen molar-refractivity contribution in [2.24, 2.45) is 0 Å². The second-order valence-corrected chi connectivity index (χ2v) is 16.1. The molecule has 3 aromatic carbocycles. The van der Waals surface area contributed by atoms with Crippen LogP contribution in [0.2, 0.25) is 0 Å². The number of nitrogens with one attached hydrogen (secondary N) is 2. The molecular formula is C37H44F3N5O7S. The van der Waals surface area contributed by atoms with Crippen LogP contribution in [0.15, 0.2) is 66.7 Å². The van der Waals surface area contributed by atoms with Crippen LogP contribution in [-0.2, 0) is 26.1 Å². The number of hydrogen-bond donors (Lipinski definition) is 2. The van der Waals surface area contributed by atoms with Crippen molar-refractivity contribution in [2.45, 2.75) is 64.6 Å². The second kappa shape index (κ2) is 16.1. The average Bonchev–Trinajstić information content (AvgIpc) is 3.53. The van der Waals surface area contributed by atoms with Gasteiger partial charge in [-0.3, -0.25) is 14.5 Å². The Kier molecular flexibility index (Phi) is 12.0. The SMILES string of the molecule is CC(C)(C)OC(=O)N1CCC[C@H]1CC(=O)Nc1ccc(OC(F)(F)F)c(-c2ccc(C(=O)Nc3ccc(CN4CCN(S(C)(=O)=O)CC4)cc3)cc2)c1. The van der Waals surface area contributed by atoms with Gasteiger partial charge in [0, 0.05) is 74.2 Å². The van der Waals surface area contributed by atoms with Crippen LogP contribution >= 0.6 is 0 Å². The number of anilines is 2. The van der Waals surface area contributed by atoms with Crippen LogP contribution < -0.4 is 15.4 Å². The zero-order valence-electron chi connectivity index (χ0n) is 30.0. The van der Waals surface area contributed by atoms with Gasteiger partial charge in [0.1, 0.15) is 11.4 Å². The van der Waals surface area contributed by atoms with Crippen molar-refractivity contribution < 1.29 is 45.4 Å². The van der Waals surface area contributed by atoms with E-state index in [1.54, 1.807) is 32.9 Å². The van der Waals surface area contributed by atoms with Gasteiger partial charge in [-0.25, -0.2) is 13.2 Å². The molecule has 53 heavy (non-hydrogen) atoms. The minimum atomic E-state index is -4.98. The molecule has 2 saturated heterocycles. The topological polar surface area (TPSA) is 138 Å². The van der Waals surface area contributed by atoms with E-state index in [1.165, 1.54) is 51.9 Å². The number of ether oxygens (including phenoxy) is 2. The Bertz CT molecular complexity index is 1890. The summed E-state index contributed by atoms with van der Waals surface area (Å²) in [6.45, 7) is 8.45. The molecule has 2 heterocycles. The molecular weight excluding hydrogens is 715 g/mol. The molecule has 2 aliphatic heterocycles. The minimum Gasteiger partial charge on any atom is -0.444 e. The predicted octanol–water partition coefficient (Wildman–Crippen LogP) is 6.31. The summed E-state index contributed by atoms with van der Waals surface area (Å²) >= 11 is 0. The van der Waals surface area contributed by atoms with Crippen molar-refractivity contribution in [2.75, 3.05) is 49.6 Å². The Labute approximate surface area is 307 Å². The molecule has 1 atom stereocenters. The van der Waals surface area contributed by atoms with Gasteiger partial charge in [0.15, 0.2) is 0 Å². The lowest BCUT2D eigenvalue weighted by atomic mass is 10.0. The summed E-state index contributed by atoms with van der Waals surface area (Å²) in [4.78, 5) is 42.4. The third-order valence-corrected chi connectivity index (χ3v) is 10.1. The number of sulfonamides is 1. The zero-order valence-corrected chi connectivity index (χ0v) is 30.9. The normalized spacial score (nSPS) is 17.3. The largest absolute Gasteiger partial charge is 0.573 e. The second-order valence-electron chi connectivity index (χ2n) is 14.1. The van der Waals surface area contributed by atoms with Gasteiger partial charge >= 0.3 is 12.5 Å². The Hall–Kier alpha value is -4.67. The maximum absolute atomic E-state index is 13.3. The molecule has 0 aliphatic carbocycles. The van der Waals surface area contributed by atoms with E-state index < -0.39 is 45.6 Å². The van der Waals surface area contributed by atoms with E-state index in [9.17, 15) is 36.0 Å². The maximum Gasteiger partial charge on any atom is 0.573 e. The van der Waals surface area contributed by atoms with E-state index in [1.807, 2.05) is 12.1 Å². The molecule has 16 heteroatoms. The third kappa shape index (κ3) is 11.4. The summed E-state index contributed by atoms with van der Waals surface area (Å²) in [5, 5.41) is 5.54. The fourth-order valence-corrected chi connectivity index (χ4v) is 7.08. The van der Waals surface area contributed by atoms with E-state index in [0.29, 0.717) is 63.4 Å². The van der Waals surface area contributed by atoms with Gasteiger partial charge in [0.25, 0.3) is 5.91 Å². The summed E-state index contributed by atoms with van der Waals surface area (Å²) in [7, 11) is -3.21. The van der Waals surface area contributed by atoms with Gasteiger partial charge in [-0.1, -0.05) is 24.3 Å². The molecule has 2 aliphatic rings. The maximum atomic E-state index is 13.3. The highest BCUT2D eigenvalue weighted by Crippen LogP contribution is 2.36. The summed E-state index contributed by atoms with van der Waals surface area (Å²) in [6, 6.07) is 16.6. The van der Waals surface area contributed by atoms with Crippen molar-refractivity contribution in [3.05, 3.63) is 77.9 Å². The first kappa shape index (κ1) is 39.5. The fraction of sp³-hybridized carbons (Fsp3) is 0.432. The molecule has 0 bridgehead atoms. The van der Waals surface area contributed by atoms with Gasteiger partial charge in [-0.2, -0.15) is 4.31 Å². The zero-order chi connectivity index (χ0) is 38.6. The molecule has 3 aromatic rings. The first-order valence-corrected chi connectivity index (χ1v) is 19.1. The highest BCUT2D eigenvalue weighted by Gasteiger charge is 2.34. The fourth-order valence-electron chi connectivity index (χ4n) is 6.26. The number of carbonyl (C=O) groups excluding carboxylic acids is 3. The molecule has 0 radical (unpaired) electrons. The summed E-state index contributed by atoms with van der Waals surface area (Å²) in [5.41, 5.74) is 1.68. The summed E-state index contributed by atoms with van der Waals surface area (Å²) in [6.07, 6.45) is -2.98. The van der Waals surface area contributed by atoms with Crippen LogP contribution in [0.5, 0.6) is 5.75 Å². The van der Waals surface area contributed by atoms with Gasteiger partial charge < -0.3 is 25.0 Å². The van der Waals surface area contributed by atoms with E-state index in [2.05, 4.69) is 20.3 Å². The van der Waals surface area contributed by atoms with Crippen LogP contribution in [-0.4, -0.2) is 97.4 Å². The number of benzene rings is 3. The Balaban J connectivity index is 1.22. The highest BCUT2D eigenvalue weighted by molar-refractivity contribution is 7.88. The molecule has 2 N–H and O–H groups in total. The Morgan fingerprint density at radius 2 is 1.49 bits per heavy atom. The molecule has 0 unspecified atom stereocenters. The van der Waals surface area contributed by atoms with Crippen molar-refractivity contribution in [1.29, 1.82) is 0 Å². The van der Waals surface area contributed by atoms with Gasteiger partial charge in [0.2, 0.25) is 15.9 Å². The average molecular weight is 760 g/mol. The number of nitrogens with zero attached hydrogens (tertiary/aromatic N) is 3. The van der Waals surface area contributed by atoms with Gasteiger partial charge in [-0.05, 0) is 87.2 Å². The molecule has 5 rings (SSSR count). The van der Waals surface area contributed by atoms with Crippen molar-refractivity contribution >= 4 is 39.3 Å². The number of rotatable bonds is 10. The van der Waals surface area contributed by atoms with E-state index in [-0.39, 0.29) is 29.3 Å². The third-order valence-electron chi connectivity index (χ3n) is 8.79. The van der Waals surface area contributed by atoms with Gasteiger partial charge in [0.05, 0.1) is 6.26 Å². The monoisotopic (exact) mass is 759 g/mol. The molecule has 286 valence electrons. The summed E-state index contributed by atoms with van der Waals surface area (Å²) < 4.78 is 74.8. The molecule has 12 nitrogen and oxygen atoms in total. The molecule has 3 amide bonds. The van der Waals surface area contributed by atoms with Crippen molar-refractivity contribution in [3.63, 3.8) is 0 Å².